The van der Waals surface area contributed by atoms with Crippen molar-refractivity contribution in [2.24, 2.45) is 0 Å². The normalized spacial score (nSPS) is 10.5. The lowest BCUT2D eigenvalue weighted by Crippen LogP contribution is -2.03. The van der Waals surface area contributed by atoms with Gasteiger partial charge >= 0.3 is 0 Å². The van der Waals surface area contributed by atoms with E-state index in [9.17, 15) is 0 Å². The predicted molar refractivity (Wildman–Crippen MR) is 61.4 cm³/mol. The van der Waals surface area contributed by atoms with Gasteiger partial charge in [0.05, 0.1) is 0 Å². The number of hydrogen-bond acceptors (Lipinski definition) is 2. The zero-order chi connectivity index (χ0) is 10.7. The monoisotopic (exact) mass is 266 g/mol. The van der Waals surface area contributed by atoms with Crippen molar-refractivity contribution < 1.29 is 5.11 Å². The Morgan fingerprint density at radius 2 is 2.00 bits per heavy atom. The minimum absolute atomic E-state index is 0.0243. The summed E-state index contributed by atoms with van der Waals surface area (Å²) in [4.78, 5) is 4.05. The van der Waals surface area contributed by atoms with Gasteiger partial charge in [-0.15, -0.1) is 0 Å². The van der Waals surface area contributed by atoms with E-state index in [1.165, 1.54) is 5.56 Å². The van der Waals surface area contributed by atoms with Crippen LogP contribution in [0.3, 0.4) is 0 Å². The van der Waals surface area contributed by atoms with Crippen molar-refractivity contribution in [3.8, 4) is 0 Å². The van der Waals surface area contributed by atoms with E-state index in [2.05, 4.69) is 20.9 Å². The molecule has 0 saturated carbocycles. The highest BCUT2D eigenvalue weighted by atomic mass is 79.9. The Morgan fingerprint density at radius 1 is 1.27 bits per heavy atom. The van der Waals surface area contributed by atoms with Crippen molar-refractivity contribution in [3.05, 3.63) is 52.5 Å². The SMILES string of the molecule is OCc1nccn1Cc1ccc(Br)cc1. The zero-order valence-corrected chi connectivity index (χ0v) is 9.68. The van der Waals surface area contributed by atoms with E-state index in [4.69, 9.17) is 5.11 Å². The molecule has 0 aliphatic rings. The lowest BCUT2D eigenvalue weighted by atomic mass is 10.2. The molecule has 0 atom stereocenters. The molecular formula is C11H11BrN2O. The average molecular weight is 267 g/mol. The first-order chi connectivity index (χ1) is 7.29. The molecule has 0 saturated heterocycles. The Morgan fingerprint density at radius 3 is 2.67 bits per heavy atom. The Bertz CT molecular complexity index is 436. The summed E-state index contributed by atoms with van der Waals surface area (Å²) >= 11 is 3.39. The van der Waals surface area contributed by atoms with E-state index < -0.39 is 0 Å². The smallest absolute Gasteiger partial charge is 0.134 e. The van der Waals surface area contributed by atoms with Crippen LogP contribution in [0.15, 0.2) is 41.1 Å². The largest absolute Gasteiger partial charge is 0.388 e. The number of imidazole rings is 1. The predicted octanol–water partition coefficient (Wildman–Crippen LogP) is 2.19. The molecule has 78 valence electrons. The van der Waals surface area contributed by atoms with Crippen LogP contribution >= 0.6 is 15.9 Å². The molecule has 2 rings (SSSR count). The first-order valence-electron chi connectivity index (χ1n) is 4.65. The second kappa shape index (κ2) is 4.59. The minimum atomic E-state index is -0.0243. The van der Waals surface area contributed by atoms with Gasteiger partial charge in [0.2, 0.25) is 0 Å². The van der Waals surface area contributed by atoms with Gasteiger partial charge < -0.3 is 9.67 Å². The Labute approximate surface area is 96.5 Å². The molecule has 1 heterocycles. The number of rotatable bonds is 3. The zero-order valence-electron chi connectivity index (χ0n) is 8.10. The molecule has 1 aromatic heterocycles. The van der Waals surface area contributed by atoms with Crippen LogP contribution < -0.4 is 0 Å². The molecule has 3 nitrogen and oxygen atoms in total. The van der Waals surface area contributed by atoms with Gasteiger partial charge in [0.25, 0.3) is 0 Å². The van der Waals surface area contributed by atoms with Gasteiger partial charge in [-0.2, -0.15) is 0 Å². The molecule has 1 N–H and O–H groups in total. The molecule has 0 fully saturated rings. The molecule has 0 radical (unpaired) electrons. The van der Waals surface area contributed by atoms with Crippen LogP contribution in [0.4, 0.5) is 0 Å². The number of halogens is 1. The van der Waals surface area contributed by atoms with Crippen LogP contribution in [-0.2, 0) is 13.2 Å². The van der Waals surface area contributed by atoms with Crippen molar-refractivity contribution in [1.29, 1.82) is 0 Å². The second-order valence-corrected chi connectivity index (χ2v) is 4.17. The summed E-state index contributed by atoms with van der Waals surface area (Å²) in [6.45, 7) is 0.715. The highest BCUT2D eigenvalue weighted by Crippen LogP contribution is 2.12. The van der Waals surface area contributed by atoms with Gasteiger partial charge in [-0.1, -0.05) is 28.1 Å². The van der Waals surface area contributed by atoms with Gasteiger partial charge in [0, 0.05) is 23.4 Å². The van der Waals surface area contributed by atoms with Crippen LogP contribution in [0, 0.1) is 0 Å². The molecular weight excluding hydrogens is 256 g/mol. The van der Waals surface area contributed by atoms with Crippen molar-refractivity contribution in [3.63, 3.8) is 0 Å². The average Bonchev–Trinajstić information content (AvgIpc) is 2.69. The number of aromatic nitrogens is 2. The fourth-order valence-electron chi connectivity index (χ4n) is 1.42. The highest BCUT2D eigenvalue weighted by molar-refractivity contribution is 9.10. The molecule has 0 unspecified atom stereocenters. The molecule has 0 bridgehead atoms. The summed E-state index contributed by atoms with van der Waals surface area (Å²) in [6.07, 6.45) is 3.57. The second-order valence-electron chi connectivity index (χ2n) is 3.26. The first-order valence-corrected chi connectivity index (χ1v) is 5.44. The summed E-state index contributed by atoms with van der Waals surface area (Å²) in [6, 6.07) is 8.10. The van der Waals surface area contributed by atoms with Crippen LogP contribution in [0.2, 0.25) is 0 Å². The molecule has 2 aromatic rings. The summed E-state index contributed by atoms with van der Waals surface area (Å²) < 4.78 is 3.00. The van der Waals surface area contributed by atoms with Crippen molar-refractivity contribution in [2.45, 2.75) is 13.2 Å². The summed E-state index contributed by atoms with van der Waals surface area (Å²) in [5.41, 5.74) is 1.19. The van der Waals surface area contributed by atoms with Crippen molar-refractivity contribution in [1.82, 2.24) is 9.55 Å². The summed E-state index contributed by atoms with van der Waals surface area (Å²) in [5.74, 6) is 0.693. The standard InChI is InChI=1S/C11H11BrN2O/c12-10-3-1-9(2-4-10)7-14-6-5-13-11(14)8-15/h1-6,15H,7-8H2. The molecule has 0 aliphatic carbocycles. The van der Waals surface area contributed by atoms with Crippen LogP contribution in [-0.4, -0.2) is 14.7 Å². The number of benzene rings is 1. The Kier molecular flexibility index (Phi) is 3.18. The van der Waals surface area contributed by atoms with Crippen molar-refractivity contribution in [2.75, 3.05) is 0 Å². The number of aliphatic hydroxyl groups excluding tert-OH is 1. The molecule has 4 heteroatoms. The molecule has 0 spiro atoms. The minimum Gasteiger partial charge on any atom is -0.388 e. The fraction of sp³-hybridized carbons (Fsp3) is 0.182. The Balaban J connectivity index is 2.18. The van der Waals surface area contributed by atoms with Gasteiger partial charge in [-0.05, 0) is 17.7 Å². The molecule has 15 heavy (non-hydrogen) atoms. The number of nitrogens with zero attached hydrogens (tertiary/aromatic N) is 2. The van der Waals surface area contributed by atoms with E-state index in [-0.39, 0.29) is 6.61 Å². The summed E-state index contributed by atoms with van der Waals surface area (Å²) in [7, 11) is 0. The van der Waals surface area contributed by atoms with Crippen LogP contribution in [0.1, 0.15) is 11.4 Å². The molecule has 1 aromatic carbocycles. The Hall–Kier alpha value is -1.13. The van der Waals surface area contributed by atoms with Gasteiger partial charge in [0.15, 0.2) is 0 Å². The van der Waals surface area contributed by atoms with Crippen molar-refractivity contribution >= 4 is 15.9 Å². The van der Waals surface area contributed by atoms with Gasteiger partial charge in [-0.3, -0.25) is 0 Å². The lowest BCUT2D eigenvalue weighted by Gasteiger charge is -2.06. The van der Waals surface area contributed by atoms with Gasteiger partial charge in [-0.25, -0.2) is 4.98 Å². The molecule has 0 aliphatic heterocycles. The highest BCUT2D eigenvalue weighted by Gasteiger charge is 2.01. The van der Waals surface area contributed by atoms with E-state index in [0.29, 0.717) is 5.82 Å². The number of hydrogen-bond donors (Lipinski definition) is 1. The topological polar surface area (TPSA) is 38.1 Å². The van der Waals surface area contributed by atoms with Crippen LogP contribution in [0.25, 0.3) is 0 Å². The third-order valence-electron chi connectivity index (χ3n) is 2.21. The fourth-order valence-corrected chi connectivity index (χ4v) is 1.69. The summed E-state index contributed by atoms with van der Waals surface area (Å²) in [5, 5.41) is 9.04. The maximum Gasteiger partial charge on any atom is 0.134 e. The van der Waals surface area contributed by atoms with E-state index >= 15 is 0 Å². The maximum absolute atomic E-state index is 9.04. The molecule has 0 amide bonds. The number of aliphatic hydroxyl groups is 1. The van der Waals surface area contributed by atoms with E-state index in [1.54, 1.807) is 6.20 Å². The van der Waals surface area contributed by atoms with Gasteiger partial charge in [0.1, 0.15) is 12.4 Å². The van der Waals surface area contributed by atoms with Crippen LogP contribution in [0.5, 0.6) is 0 Å². The third-order valence-corrected chi connectivity index (χ3v) is 2.74. The maximum atomic E-state index is 9.04. The third kappa shape index (κ3) is 2.46. The quantitative estimate of drug-likeness (QED) is 0.925. The van der Waals surface area contributed by atoms with E-state index in [1.807, 2.05) is 35.0 Å². The lowest BCUT2D eigenvalue weighted by molar-refractivity contribution is 0.266. The van der Waals surface area contributed by atoms with E-state index in [0.717, 1.165) is 11.0 Å². The first kappa shape index (κ1) is 10.4.